The van der Waals surface area contributed by atoms with E-state index in [0.717, 1.165) is 31.2 Å². The number of alkyl halides is 1. The predicted molar refractivity (Wildman–Crippen MR) is 59.0 cm³/mol. The Morgan fingerprint density at radius 2 is 1.71 bits per heavy atom. The van der Waals surface area contributed by atoms with Crippen molar-refractivity contribution in [3.8, 4) is 5.75 Å². The minimum absolute atomic E-state index is 0.345. The number of aromatic hydroxyl groups is 1. The molecule has 1 aliphatic rings. The molecule has 1 aromatic carbocycles. The van der Waals surface area contributed by atoms with Crippen LogP contribution in [-0.4, -0.2) is 10.5 Å². The van der Waals surface area contributed by atoms with E-state index in [1.54, 1.807) is 6.07 Å². The Kier molecular flexibility index (Phi) is 2.97. The minimum Gasteiger partial charge on any atom is -0.508 e. The van der Waals surface area contributed by atoms with Gasteiger partial charge in [0.2, 0.25) is 0 Å². The van der Waals surface area contributed by atoms with E-state index in [-0.39, 0.29) is 0 Å². The summed E-state index contributed by atoms with van der Waals surface area (Å²) < 4.78 is 0. The van der Waals surface area contributed by atoms with E-state index >= 15 is 0 Å². The lowest BCUT2D eigenvalue weighted by Gasteiger charge is -2.25. The van der Waals surface area contributed by atoms with E-state index in [1.165, 1.54) is 0 Å². The highest BCUT2D eigenvalue weighted by molar-refractivity contribution is 6.20. The lowest BCUT2D eigenvalue weighted by molar-refractivity contribution is 0.417. The second-order valence-corrected chi connectivity index (χ2v) is 4.62. The minimum atomic E-state index is 0.345. The summed E-state index contributed by atoms with van der Waals surface area (Å²) in [6.45, 7) is 0. The number of hydrogen-bond acceptors (Lipinski definition) is 1. The quantitative estimate of drug-likeness (QED) is 0.702. The fraction of sp³-hybridized carbons (Fsp3) is 0.500. The molecule has 0 radical (unpaired) electrons. The standard InChI is InChI=1S/C12H15ClO/c13-10-7-5-9(6-8-10)11-3-1-2-4-12(11)14/h1-4,9-10,14H,5-8H2. The molecule has 14 heavy (non-hydrogen) atoms. The lowest BCUT2D eigenvalue weighted by atomic mass is 9.83. The fourth-order valence-electron chi connectivity index (χ4n) is 2.20. The molecule has 0 spiro atoms. The normalized spacial score (nSPS) is 27.5. The molecule has 0 atom stereocenters. The van der Waals surface area contributed by atoms with Gasteiger partial charge in [0.15, 0.2) is 0 Å². The monoisotopic (exact) mass is 210 g/mol. The van der Waals surface area contributed by atoms with Gasteiger partial charge in [-0.3, -0.25) is 0 Å². The lowest BCUT2D eigenvalue weighted by Crippen LogP contribution is -2.12. The Bertz CT molecular complexity index is 303. The number of halogens is 1. The van der Waals surface area contributed by atoms with Crippen LogP contribution in [0.1, 0.15) is 37.2 Å². The zero-order valence-corrected chi connectivity index (χ0v) is 8.87. The van der Waals surface area contributed by atoms with Crippen LogP contribution in [0.15, 0.2) is 24.3 Å². The predicted octanol–water partition coefficient (Wildman–Crippen LogP) is 3.66. The fourth-order valence-corrected chi connectivity index (χ4v) is 2.45. The van der Waals surface area contributed by atoms with Crippen LogP contribution in [0, 0.1) is 0 Å². The molecule has 76 valence electrons. The molecule has 0 aliphatic heterocycles. The van der Waals surface area contributed by atoms with Gasteiger partial charge in [0.25, 0.3) is 0 Å². The van der Waals surface area contributed by atoms with Crippen LogP contribution >= 0.6 is 11.6 Å². The van der Waals surface area contributed by atoms with Gasteiger partial charge in [-0.05, 0) is 43.2 Å². The van der Waals surface area contributed by atoms with Crippen molar-refractivity contribution in [2.45, 2.75) is 37.0 Å². The SMILES string of the molecule is Oc1ccccc1C1CCC(Cl)CC1. The van der Waals surface area contributed by atoms with Crippen LogP contribution in [0.5, 0.6) is 5.75 Å². The molecular weight excluding hydrogens is 196 g/mol. The Morgan fingerprint density at radius 1 is 1.07 bits per heavy atom. The van der Waals surface area contributed by atoms with Crippen molar-refractivity contribution in [3.05, 3.63) is 29.8 Å². The summed E-state index contributed by atoms with van der Waals surface area (Å²) in [4.78, 5) is 0. The van der Waals surface area contributed by atoms with Gasteiger partial charge >= 0.3 is 0 Å². The van der Waals surface area contributed by atoms with Gasteiger partial charge in [-0.25, -0.2) is 0 Å². The summed E-state index contributed by atoms with van der Waals surface area (Å²) in [7, 11) is 0. The number of phenolic OH excluding ortho intramolecular Hbond substituents is 1. The van der Waals surface area contributed by atoms with Gasteiger partial charge < -0.3 is 5.11 Å². The maximum atomic E-state index is 9.70. The third-order valence-electron chi connectivity index (χ3n) is 3.03. The van der Waals surface area contributed by atoms with Crippen molar-refractivity contribution < 1.29 is 5.11 Å². The van der Waals surface area contributed by atoms with Crippen LogP contribution in [0.4, 0.5) is 0 Å². The summed E-state index contributed by atoms with van der Waals surface area (Å²) in [6, 6.07) is 7.64. The second-order valence-electron chi connectivity index (χ2n) is 4.01. The van der Waals surface area contributed by atoms with Gasteiger partial charge in [0, 0.05) is 5.38 Å². The molecule has 2 heteroatoms. The van der Waals surface area contributed by atoms with Gasteiger partial charge in [-0.2, -0.15) is 0 Å². The van der Waals surface area contributed by atoms with E-state index in [2.05, 4.69) is 0 Å². The van der Waals surface area contributed by atoms with Crippen molar-refractivity contribution in [2.75, 3.05) is 0 Å². The highest BCUT2D eigenvalue weighted by Gasteiger charge is 2.22. The van der Waals surface area contributed by atoms with E-state index in [9.17, 15) is 5.11 Å². The first-order valence-corrected chi connectivity index (χ1v) is 5.63. The first-order chi connectivity index (χ1) is 6.77. The van der Waals surface area contributed by atoms with Crippen molar-refractivity contribution in [3.63, 3.8) is 0 Å². The Morgan fingerprint density at radius 3 is 2.36 bits per heavy atom. The van der Waals surface area contributed by atoms with E-state index in [0.29, 0.717) is 17.0 Å². The third kappa shape index (κ3) is 2.03. The molecule has 1 N–H and O–H groups in total. The Balaban J connectivity index is 2.12. The maximum Gasteiger partial charge on any atom is 0.119 e. The summed E-state index contributed by atoms with van der Waals surface area (Å²) >= 11 is 6.05. The summed E-state index contributed by atoms with van der Waals surface area (Å²) in [6.07, 6.45) is 4.35. The summed E-state index contributed by atoms with van der Waals surface area (Å²) in [5, 5.41) is 10.0. The van der Waals surface area contributed by atoms with Crippen molar-refractivity contribution in [2.24, 2.45) is 0 Å². The topological polar surface area (TPSA) is 20.2 Å². The van der Waals surface area contributed by atoms with Gasteiger partial charge in [-0.1, -0.05) is 18.2 Å². The molecule has 0 bridgehead atoms. The molecule has 0 saturated heterocycles. The zero-order valence-electron chi connectivity index (χ0n) is 8.12. The van der Waals surface area contributed by atoms with E-state index in [4.69, 9.17) is 11.6 Å². The molecule has 1 fully saturated rings. The molecule has 1 aliphatic carbocycles. The van der Waals surface area contributed by atoms with Gasteiger partial charge in [0.05, 0.1) is 0 Å². The number of hydrogen-bond donors (Lipinski definition) is 1. The maximum absolute atomic E-state index is 9.70. The molecule has 0 amide bonds. The number of para-hydroxylation sites is 1. The summed E-state index contributed by atoms with van der Waals surface area (Å²) in [5.41, 5.74) is 1.09. The molecule has 1 nitrogen and oxygen atoms in total. The first-order valence-electron chi connectivity index (χ1n) is 5.19. The van der Waals surface area contributed by atoms with Crippen LogP contribution in [0.25, 0.3) is 0 Å². The van der Waals surface area contributed by atoms with Crippen LogP contribution in [0.2, 0.25) is 0 Å². The number of benzene rings is 1. The Labute approximate surface area is 89.7 Å². The molecule has 0 heterocycles. The number of phenols is 1. The number of rotatable bonds is 1. The van der Waals surface area contributed by atoms with Crippen LogP contribution in [-0.2, 0) is 0 Å². The molecular formula is C12H15ClO. The van der Waals surface area contributed by atoms with Gasteiger partial charge in [0.1, 0.15) is 5.75 Å². The van der Waals surface area contributed by atoms with Gasteiger partial charge in [-0.15, -0.1) is 11.6 Å². The smallest absolute Gasteiger partial charge is 0.119 e. The average Bonchev–Trinajstić information content (AvgIpc) is 2.20. The molecule has 0 unspecified atom stereocenters. The molecule has 1 aromatic rings. The Hall–Kier alpha value is -0.690. The zero-order chi connectivity index (χ0) is 9.97. The van der Waals surface area contributed by atoms with Crippen molar-refractivity contribution in [1.29, 1.82) is 0 Å². The molecule has 0 aromatic heterocycles. The van der Waals surface area contributed by atoms with Crippen molar-refractivity contribution in [1.82, 2.24) is 0 Å². The second kappa shape index (κ2) is 4.22. The van der Waals surface area contributed by atoms with E-state index < -0.39 is 0 Å². The van der Waals surface area contributed by atoms with Crippen molar-refractivity contribution >= 4 is 11.6 Å². The molecule has 1 saturated carbocycles. The van der Waals surface area contributed by atoms with Crippen LogP contribution < -0.4 is 0 Å². The summed E-state index contributed by atoms with van der Waals surface area (Å²) in [5.74, 6) is 0.941. The largest absolute Gasteiger partial charge is 0.508 e. The van der Waals surface area contributed by atoms with Crippen LogP contribution in [0.3, 0.4) is 0 Å². The third-order valence-corrected chi connectivity index (χ3v) is 3.47. The average molecular weight is 211 g/mol. The highest BCUT2D eigenvalue weighted by Crippen LogP contribution is 2.38. The van der Waals surface area contributed by atoms with E-state index in [1.807, 2.05) is 18.2 Å². The molecule has 2 rings (SSSR count). The first kappa shape index (κ1) is 9.85. The highest BCUT2D eigenvalue weighted by atomic mass is 35.5.